The molecule has 1 amide bonds. The molecule has 4 nitrogen and oxygen atoms in total. The first kappa shape index (κ1) is 14.7. The number of nitrogens with two attached hydrogens (primary N) is 1. The molecule has 0 radical (unpaired) electrons. The van der Waals surface area contributed by atoms with Crippen molar-refractivity contribution in [2.45, 2.75) is 25.9 Å². The molecule has 1 unspecified atom stereocenters. The molecule has 3 N–H and O–H groups in total. The maximum atomic E-state index is 11.7. The normalized spacial score (nSPS) is 12.4. The third-order valence-corrected chi connectivity index (χ3v) is 2.71. The van der Waals surface area contributed by atoms with E-state index in [9.17, 15) is 4.79 Å². The first-order valence-electron chi connectivity index (χ1n) is 6.32. The molecule has 0 fully saturated rings. The van der Waals surface area contributed by atoms with Gasteiger partial charge in [-0.25, -0.2) is 0 Å². The van der Waals surface area contributed by atoms with Gasteiger partial charge in [0.1, 0.15) is 0 Å². The maximum absolute atomic E-state index is 11.7. The van der Waals surface area contributed by atoms with Crippen LogP contribution >= 0.6 is 0 Å². The zero-order chi connectivity index (χ0) is 13.4. The molecule has 1 aromatic carbocycles. The van der Waals surface area contributed by atoms with E-state index in [1.807, 2.05) is 49.2 Å². The fourth-order valence-electron chi connectivity index (χ4n) is 1.60. The molecule has 0 aliphatic rings. The van der Waals surface area contributed by atoms with Crippen LogP contribution in [0.5, 0.6) is 0 Å². The number of rotatable bonds is 7. The Balaban J connectivity index is 2.21. The van der Waals surface area contributed by atoms with Gasteiger partial charge in [0.05, 0.1) is 6.54 Å². The number of nitrogens with one attached hydrogen (secondary N) is 1. The van der Waals surface area contributed by atoms with E-state index in [1.165, 1.54) is 0 Å². The Hall–Kier alpha value is -1.39. The van der Waals surface area contributed by atoms with Gasteiger partial charge in [0.15, 0.2) is 0 Å². The van der Waals surface area contributed by atoms with Gasteiger partial charge < -0.3 is 11.1 Å². The molecule has 0 aromatic heterocycles. The van der Waals surface area contributed by atoms with Crippen molar-refractivity contribution in [2.75, 3.05) is 20.1 Å². The SMILES string of the molecule is CC(N)CCN(C)CC(=O)NCc1ccccc1. The van der Waals surface area contributed by atoms with Crippen molar-refractivity contribution in [2.24, 2.45) is 5.73 Å². The molecule has 0 saturated heterocycles. The highest BCUT2D eigenvalue weighted by molar-refractivity contribution is 5.77. The smallest absolute Gasteiger partial charge is 0.234 e. The Morgan fingerprint density at radius 2 is 2.06 bits per heavy atom. The summed E-state index contributed by atoms with van der Waals surface area (Å²) in [4.78, 5) is 13.7. The highest BCUT2D eigenvalue weighted by atomic mass is 16.2. The van der Waals surface area contributed by atoms with Gasteiger partial charge in [-0.15, -0.1) is 0 Å². The molecule has 1 aromatic rings. The summed E-state index contributed by atoms with van der Waals surface area (Å²) in [5.74, 6) is 0.0472. The minimum atomic E-state index is 0.0472. The number of nitrogens with zero attached hydrogens (tertiary/aromatic N) is 1. The largest absolute Gasteiger partial charge is 0.351 e. The third kappa shape index (κ3) is 6.37. The van der Waals surface area contributed by atoms with Gasteiger partial charge in [0.2, 0.25) is 5.91 Å². The first-order valence-corrected chi connectivity index (χ1v) is 6.32. The van der Waals surface area contributed by atoms with Crippen LogP contribution < -0.4 is 11.1 Å². The summed E-state index contributed by atoms with van der Waals surface area (Å²) in [6, 6.07) is 10.1. The minimum absolute atomic E-state index is 0.0472. The molecule has 0 heterocycles. The standard InChI is InChI=1S/C14H23N3O/c1-12(15)8-9-17(2)11-14(18)16-10-13-6-4-3-5-7-13/h3-7,12H,8-11,15H2,1-2H3,(H,16,18). The minimum Gasteiger partial charge on any atom is -0.351 e. The van der Waals surface area contributed by atoms with Crippen LogP contribution in [0.2, 0.25) is 0 Å². The lowest BCUT2D eigenvalue weighted by Gasteiger charge is -2.17. The summed E-state index contributed by atoms with van der Waals surface area (Å²) in [6.45, 7) is 3.82. The molecule has 18 heavy (non-hydrogen) atoms. The van der Waals surface area contributed by atoms with Crippen LogP contribution in [0.25, 0.3) is 0 Å². The van der Waals surface area contributed by atoms with Gasteiger partial charge in [-0.2, -0.15) is 0 Å². The summed E-state index contributed by atoms with van der Waals surface area (Å²) in [7, 11) is 1.93. The van der Waals surface area contributed by atoms with Crippen molar-refractivity contribution in [1.82, 2.24) is 10.2 Å². The number of likely N-dealkylation sites (N-methyl/N-ethyl adjacent to an activating group) is 1. The second-order valence-electron chi connectivity index (χ2n) is 4.77. The van der Waals surface area contributed by atoms with Gasteiger partial charge in [-0.1, -0.05) is 30.3 Å². The van der Waals surface area contributed by atoms with Crippen LogP contribution in [-0.4, -0.2) is 37.0 Å². The second kappa shape index (κ2) is 7.84. The Morgan fingerprint density at radius 1 is 1.39 bits per heavy atom. The molecule has 1 atom stereocenters. The molecule has 0 saturated carbocycles. The molecule has 0 aliphatic carbocycles. The van der Waals surface area contributed by atoms with Gasteiger partial charge in [-0.3, -0.25) is 9.69 Å². The van der Waals surface area contributed by atoms with Crippen molar-refractivity contribution >= 4 is 5.91 Å². The molecule has 0 bridgehead atoms. The van der Waals surface area contributed by atoms with Crippen LogP contribution in [0.1, 0.15) is 18.9 Å². The summed E-state index contributed by atoms with van der Waals surface area (Å²) in [5.41, 5.74) is 6.79. The number of carbonyl (C=O) groups is 1. The van der Waals surface area contributed by atoms with Crippen molar-refractivity contribution in [3.05, 3.63) is 35.9 Å². The zero-order valence-corrected chi connectivity index (χ0v) is 11.2. The topological polar surface area (TPSA) is 58.4 Å². The number of benzene rings is 1. The van der Waals surface area contributed by atoms with E-state index in [-0.39, 0.29) is 11.9 Å². The lowest BCUT2D eigenvalue weighted by molar-refractivity contribution is -0.122. The third-order valence-electron chi connectivity index (χ3n) is 2.71. The number of hydrogen-bond acceptors (Lipinski definition) is 3. The van der Waals surface area contributed by atoms with Gasteiger partial charge in [0.25, 0.3) is 0 Å². The summed E-state index contributed by atoms with van der Waals surface area (Å²) < 4.78 is 0. The van der Waals surface area contributed by atoms with Crippen molar-refractivity contribution in [1.29, 1.82) is 0 Å². The summed E-state index contributed by atoms with van der Waals surface area (Å²) in [5, 5.41) is 2.91. The Labute approximate surface area is 109 Å². The quantitative estimate of drug-likeness (QED) is 0.757. The van der Waals surface area contributed by atoms with Crippen molar-refractivity contribution < 1.29 is 4.79 Å². The monoisotopic (exact) mass is 249 g/mol. The van der Waals surface area contributed by atoms with Crippen LogP contribution in [0.15, 0.2) is 30.3 Å². The van der Waals surface area contributed by atoms with Crippen LogP contribution in [0.4, 0.5) is 0 Å². The molecule has 0 spiro atoms. The molecule has 100 valence electrons. The lowest BCUT2D eigenvalue weighted by atomic mass is 10.2. The average molecular weight is 249 g/mol. The van der Waals surface area contributed by atoms with Gasteiger partial charge >= 0.3 is 0 Å². The molecule has 4 heteroatoms. The Bertz CT molecular complexity index is 351. The van der Waals surface area contributed by atoms with Gasteiger partial charge in [-0.05, 0) is 32.5 Å². The highest BCUT2D eigenvalue weighted by Gasteiger charge is 2.06. The van der Waals surface area contributed by atoms with Crippen molar-refractivity contribution in [3.63, 3.8) is 0 Å². The van der Waals surface area contributed by atoms with Crippen LogP contribution in [0, 0.1) is 0 Å². The maximum Gasteiger partial charge on any atom is 0.234 e. The molecular weight excluding hydrogens is 226 g/mol. The van der Waals surface area contributed by atoms with Crippen molar-refractivity contribution in [3.8, 4) is 0 Å². The fraction of sp³-hybridized carbons (Fsp3) is 0.500. The van der Waals surface area contributed by atoms with E-state index in [0.29, 0.717) is 13.1 Å². The highest BCUT2D eigenvalue weighted by Crippen LogP contribution is 1.97. The fourth-order valence-corrected chi connectivity index (χ4v) is 1.60. The average Bonchev–Trinajstić information content (AvgIpc) is 2.35. The molecular formula is C14H23N3O. The van der Waals surface area contributed by atoms with E-state index in [4.69, 9.17) is 5.73 Å². The Kier molecular flexibility index (Phi) is 6.39. The predicted molar refractivity (Wildman–Crippen MR) is 74.1 cm³/mol. The second-order valence-corrected chi connectivity index (χ2v) is 4.77. The van der Waals surface area contributed by atoms with Gasteiger partial charge in [0, 0.05) is 12.6 Å². The van der Waals surface area contributed by atoms with E-state index >= 15 is 0 Å². The summed E-state index contributed by atoms with van der Waals surface area (Å²) >= 11 is 0. The van der Waals surface area contributed by atoms with Crippen LogP contribution in [-0.2, 0) is 11.3 Å². The zero-order valence-electron chi connectivity index (χ0n) is 11.2. The van der Waals surface area contributed by atoms with E-state index in [2.05, 4.69) is 5.32 Å². The van der Waals surface area contributed by atoms with E-state index in [1.54, 1.807) is 0 Å². The number of carbonyl (C=O) groups excluding carboxylic acids is 1. The number of hydrogen-bond donors (Lipinski definition) is 2. The van der Waals surface area contributed by atoms with E-state index < -0.39 is 0 Å². The number of amides is 1. The molecule has 1 rings (SSSR count). The van der Waals surface area contributed by atoms with Crippen LogP contribution in [0.3, 0.4) is 0 Å². The summed E-state index contributed by atoms with van der Waals surface area (Å²) in [6.07, 6.45) is 0.905. The predicted octanol–water partition coefficient (Wildman–Crippen LogP) is 0.972. The Morgan fingerprint density at radius 3 is 2.67 bits per heavy atom. The first-order chi connectivity index (χ1) is 8.58. The van der Waals surface area contributed by atoms with E-state index in [0.717, 1.165) is 18.5 Å². The lowest BCUT2D eigenvalue weighted by Crippen LogP contribution is -2.36. The molecule has 0 aliphatic heterocycles.